The van der Waals surface area contributed by atoms with Crippen LogP contribution in [0.2, 0.25) is 0 Å². The monoisotopic (exact) mass is 240 g/mol. The van der Waals surface area contributed by atoms with E-state index in [1.54, 1.807) is 0 Å². The first kappa shape index (κ1) is 7.83. The third kappa shape index (κ3) is 1.26. The number of hydrogen-bond acceptors (Lipinski definition) is 0. The molecule has 2 rings (SSSR count). The largest absolute Gasteiger partial charge is 0.0832 e. The fraction of sp³-hybridized carbons (Fsp3) is 1.00. The van der Waals surface area contributed by atoms with Gasteiger partial charge in [0.1, 0.15) is 0 Å². The molecule has 2 saturated carbocycles. The van der Waals surface area contributed by atoms with E-state index in [-0.39, 0.29) is 5.98 Å². The summed E-state index contributed by atoms with van der Waals surface area (Å²) in [6, 6.07) is 0. The van der Waals surface area contributed by atoms with Crippen LogP contribution in [-0.4, -0.2) is 5.66 Å². The molecule has 10 heavy (non-hydrogen) atoms. The first-order valence-electron chi connectivity index (χ1n) is 3.88. The highest BCUT2D eigenvalue weighted by molar-refractivity contribution is 9.41. The third-order valence-corrected chi connectivity index (χ3v) is 6.42. The van der Waals surface area contributed by atoms with Crippen LogP contribution >= 0.6 is 32.7 Å². The Labute approximate surface area is 76.0 Å². The lowest BCUT2D eigenvalue weighted by Gasteiger charge is -2.21. The van der Waals surface area contributed by atoms with Gasteiger partial charge in [-0.05, 0) is 46.6 Å². The fourth-order valence-electron chi connectivity index (χ4n) is 2.45. The molecule has 0 nitrogen and oxygen atoms in total. The van der Waals surface area contributed by atoms with E-state index >= 15 is 0 Å². The molecule has 0 aliphatic heterocycles. The zero-order valence-electron chi connectivity index (χ0n) is 5.76. The van der Waals surface area contributed by atoms with Gasteiger partial charge in [0.25, 0.3) is 0 Å². The molecule has 1 unspecified atom stereocenters. The number of hydrogen-bond donors (Lipinski definition) is 0. The normalized spacial score (nSPS) is 48.0. The topological polar surface area (TPSA) is 0 Å². The Balaban J connectivity index is 2.02. The predicted octanol–water partition coefficient (Wildman–Crippen LogP) is 4.12. The second-order valence-corrected chi connectivity index (χ2v) is 9.29. The fourth-order valence-corrected chi connectivity index (χ4v) is 5.72. The van der Waals surface area contributed by atoms with E-state index in [4.69, 9.17) is 11.2 Å². The van der Waals surface area contributed by atoms with E-state index in [1.165, 1.54) is 25.7 Å². The molecule has 0 saturated heterocycles. The first-order chi connectivity index (χ1) is 4.77. The molecule has 4 atom stereocenters. The summed E-state index contributed by atoms with van der Waals surface area (Å²) < 4.78 is 0. The minimum atomic E-state index is -0.332. The average Bonchev–Trinajstić information content (AvgIpc) is 2.44. The number of rotatable bonds is 1. The molecule has 2 aliphatic rings. The van der Waals surface area contributed by atoms with Gasteiger partial charge in [-0.25, -0.2) is 0 Å². The summed E-state index contributed by atoms with van der Waals surface area (Å²) in [6.45, 7) is 0. The van der Waals surface area contributed by atoms with E-state index in [1.807, 2.05) is 0 Å². The number of halogens is 2. The number of fused-ring (bicyclic) bond motifs is 2. The van der Waals surface area contributed by atoms with Crippen LogP contribution in [0.15, 0.2) is 0 Å². The summed E-state index contributed by atoms with van der Waals surface area (Å²) in [5, 5.41) is 0. The summed E-state index contributed by atoms with van der Waals surface area (Å²) in [7, 11) is 0. The van der Waals surface area contributed by atoms with Gasteiger partial charge < -0.3 is 0 Å². The molecule has 0 heterocycles. The Morgan fingerprint density at radius 3 is 2.40 bits per heavy atom. The van der Waals surface area contributed by atoms with Crippen LogP contribution in [0.1, 0.15) is 25.7 Å². The maximum Gasteiger partial charge on any atom is 0.0634 e. The molecule has 58 valence electrons. The molecule has 0 aromatic carbocycles. The second-order valence-electron chi connectivity index (χ2n) is 3.50. The molecule has 0 aromatic rings. The highest BCUT2D eigenvalue weighted by Crippen LogP contribution is 2.65. The van der Waals surface area contributed by atoms with E-state index in [0.29, 0.717) is 0 Å². The molecular weight excluding hydrogens is 230 g/mol. The summed E-state index contributed by atoms with van der Waals surface area (Å²) in [4.78, 5) is 0. The molecule has 3 heteroatoms. The summed E-state index contributed by atoms with van der Waals surface area (Å²) in [6.07, 6.45) is 5.81. The van der Waals surface area contributed by atoms with E-state index in [9.17, 15) is 0 Å². The molecule has 0 aromatic heterocycles. The smallest absolute Gasteiger partial charge is 0.0634 e. The van der Waals surface area contributed by atoms with Gasteiger partial charge in [-0.1, -0.05) is 17.7 Å². The van der Waals surface area contributed by atoms with Crippen molar-refractivity contribution >= 4 is 32.7 Å². The Morgan fingerprint density at radius 2 is 2.10 bits per heavy atom. The van der Waals surface area contributed by atoms with Crippen LogP contribution in [0, 0.1) is 11.8 Å². The molecule has 2 bridgehead atoms. The van der Waals surface area contributed by atoms with Crippen LogP contribution in [0.3, 0.4) is 0 Å². The quantitative estimate of drug-likeness (QED) is 0.606. The van der Waals surface area contributed by atoms with Crippen molar-refractivity contribution in [1.29, 1.82) is 0 Å². The van der Waals surface area contributed by atoms with Crippen molar-refractivity contribution in [3.05, 3.63) is 0 Å². The van der Waals surface area contributed by atoms with Gasteiger partial charge in [-0.15, -0.1) is 0 Å². The van der Waals surface area contributed by atoms with Crippen LogP contribution in [0.25, 0.3) is 0 Å². The lowest BCUT2D eigenvalue weighted by atomic mass is 10.0. The maximum atomic E-state index is 6.06. The molecule has 0 radical (unpaired) electrons. The lowest BCUT2D eigenvalue weighted by molar-refractivity contribution is 0.491. The molecule has 0 N–H and O–H groups in total. The molecule has 0 amide bonds. The van der Waals surface area contributed by atoms with Crippen LogP contribution < -0.4 is 0 Å². The third-order valence-electron chi connectivity index (χ3n) is 2.95. The first-order valence-corrected chi connectivity index (χ1v) is 8.21. The Morgan fingerprint density at radius 1 is 1.30 bits per heavy atom. The zero-order chi connectivity index (χ0) is 7.14. The highest BCUT2D eigenvalue weighted by atomic mass is 79.9. The minimum Gasteiger partial charge on any atom is -0.0832 e. The van der Waals surface area contributed by atoms with E-state index in [0.717, 1.165) is 17.5 Å². The maximum absolute atomic E-state index is 6.06. The van der Waals surface area contributed by atoms with E-state index in [2.05, 4.69) is 15.5 Å². The molecule has 2 aliphatic carbocycles. The van der Waals surface area contributed by atoms with Crippen LogP contribution in [0.5, 0.6) is 0 Å². The SMILES string of the molecule is ClP(Br)[C@H]1C[C@@H]2CC[C@H]1C2. The Bertz CT molecular complexity index is 140. The summed E-state index contributed by atoms with van der Waals surface area (Å²) in [5.41, 5.74) is 0.843. The van der Waals surface area contributed by atoms with Gasteiger partial charge in [-0.2, -0.15) is 0 Å². The minimum absolute atomic E-state index is 0.332. The molecule has 2 fully saturated rings. The standard InChI is InChI=1S/C7H11BrClP/c8-10(9)7-4-5-1-2-6(7)3-5/h5-7H,1-4H2/t5-,6+,7+,10?/m1/s1. The van der Waals surface area contributed by atoms with Crippen molar-refractivity contribution < 1.29 is 0 Å². The molecular formula is C7H11BrClP. The van der Waals surface area contributed by atoms with Gasteiger partial charge in [0.05, 0.1) is 5.98 Å². The van der Waals surface area contributed by atoms with Crippen molar-refractivity contribution in [2.75, 3.05) is 0 Å². The van der Waals surface area contributed by atoms with Crippen molar-refractivity contribution in [2.45, 2.75) is 31.3 Å². The van der Waals surface area contributed by atoms with Gasteiger partial charge in [0, 0.05) is 5.66 Å². The lowest BCUT2D eigenvalue weighted by Crippen LogP contribution is -2.10. The van der Waals surface area contributed by atoms with Crippen molar-refractivity contribution in [1.82, 2.24) is 0 Å². The van der Waals surface area contributed by atoms with Crippen LogP contribution in [0.4, 0.5) is 0 Å². The van der Waals surface area contributed by atoms with Gasteiger partial charge in [-0.3, -0.25) is 0 Å². The van der Waals surface area contributed by atoms with Crippen molar-refractivity contribution in [3.8, 4) is 0 Å². The summed E-state index contributed by atoms with van der Waals surface area (Å²) >= 11 is 9.59. The van der Waals surface area contributed by atoms with E-state index < -0.39 is 0 Å². The molecule has 0 spiro atoms. The van der Waals surface area contributed by atoms with Crippen molar-refractivity contribution in [2.24, 2.45) is 11.8 Å². The van der Waals surface area contributed by atoms with Crippen molar-refractivity contribution in [3.63, 3.8) is 0 Å². The Hall–Kier alpha value is 1.20. The second kappa shape index (κ2) is 2.92. The average molecular weight is 241 g/mol. The van der Waals surface area contributed by atoms with Gasteiger partial charge >= 0.3 is 0 Å². The Kier molecular flexibility index (Phi) is 2.28. The van der Waals surface area contributed by atoms with Crippen LogP contribution in [-0.2, 0) is 0 Å². The van der Waals surface area contributed by atoms with Gasteiger partial charge in [0.15, 0.2) is 0 Å². The highest BCUT2D eigenvalue weighted by Gasteiger charge is 2.42. The van der Waals surface area contributed by atoms with Gasteiger partial charge in [0.2, 0.25) is 0 Å². The predicted molar refractivity (Wildman–Crippen MR) is 50.9 cm³/mol. The summed E-state index contributed by atoms with van der Waals surface area (Å²) in [5.74, 6) is 1.69. The zero-order valence-corrected chi connectivity index (χ0v) is 9.00.